The Morgan fingerprint density at radius 3 is 3.05 bits per heavy atom. The fourth-order valence-corrected chi connectivity index (χ4v) is 2.62. The SMILES string of the molecule is COc1cccc(CN(C)CC2CCC(C(=O)NN)O2)c1. The topological polar surface area (TPSA) is 76.8 Å². The summed E-state index contributed by atoms with van der Waals surface area (Å²) in [6, 6.07) is 8.01. The van der Waals surface area contributed by atoms with Crippen molar-refractivity contribution in [3.05, 3.63) is 29.8 Å². The molecule has 6 nitrogen and oxygen atoms in total. The van der Waals surface area contributed by atoms with E-state index in [9.17, 15) is 4.79 Å². The summed E-state index contributed by atoms with van der Waals surface area (Å²) in [5.41, 5.74) is 3.33. The van der Waals surface area contributed by atoms with Crippen molar-refractivity contribution in [1.82, 2.24) is 10.3 Å². The summed E-state index contributed by atoms with van der Waals surface area (Å²) in [5, 5.41) is 0. The number of rotatable bonds is 6. The highest BCUT2D eigenvalue weighted by Gasteiger charge is 2.30. The van der Waals surface area contributed by atoms with Gasteiger partial charge in [0.1, 0.15) is 11.9 Å². The molecule has 0 spiro atoms. The molecule has 21 heavy (non-hydrogen) atoms. The fourth-order valence-electron chi connectivity index (χ4n) is 2.62. The van der Waals surface area contributed by atoms with Crippen LogP contribution in [0.25, 0.3) is 0 Å². The summed E-state index contributed by atoms with van der Waals surface area (Å²) in [5.74, 6) is 5.74. The van der Waals surface area contributed by atoms with Crippen molar-refractivity contribution < 1.29 is 14.3 Å². The van der Waals surface area contributed by atoms with E-state index >= 15 is 0 Å². The molecule has 0 saturated carbocycles. The smallest absolute Gasteiger partial charge is 0.263 e. The number of amides is 1. The number of hydrogen-bond acceptors (Lipinski definition) is 5. The molecule has 2 rings (SSSR count). The number of nitrogens with one attached hydrogen (secondary N) is 1. The zero-order valence-electron chi connectivity index (χ0n) is 12.5. The highest BCUT2D eigenvalue weighted by atomic mass is 16.5. The lowest BCUT2D eigenvalue weighted by Crippen LogP contribution is -2.39. The molecule has 0 radical (unpaired) electrons. The number of methoxy groups -OCH3 is 1. The molecule has 3 N–H and O–H groups in total. The van der Waals surface area contributed by atoms with Gasteiger partial charge in [0.05, 0.1) is 13.2 Å². The number of nitrogens with zero attached hydrogens (tertiary/aromatic N) is 1. The lowest BCUT2D eigenvalue weighted by atomic mass is 10.1. The minimum atomic E-state index is -0.412. The molecule has 116 valence electrons. The molecule has 1 fully saturated rings. The Kier molecular flexibility index (Phi) is 5.55. The first kappa shape index (κ1) is 15.8. The van der Waals surface area contributed by atoms with Crippen LogP contribution in [0.3, 0.4) is 0 Å². The normalized spacial score (nSPS) is 21.5. The minimum absolute atomic E-state index is 0.0721. The molecule has 1 aromatic carbocycles. The van der Waals surface area contributed by atoms with Gasteiger partial charge in [-0.1, -0.05) is 12.1 Å². The lowest BCUT2D eigenvalue weighted by molar-refractivity contribution is -0.132. The quantitative estimate of drug-likeness (QED) is 0.458. The van der Waals surface area contributed by atoms with Crippen LogP contribution in [-0.2, 0) is 16.1 Å². The predicted molar refractivity (Wildman–Crippen MR) is 79.6 cm³/mol. The number of likely N-dealkylation sites (N-methyl/N-ethyl adjacent to an activating group) is 1. The largest absolute Gasteiger partial charge is 0.497 e. The molecule has 1 saturated heterocycles. The summed E-state index contributed by atoms with van der Waals surface area (Å²) in [6.07, 6.45) is 1.26. The van der Waals surface area contributed by atoms with E-state index < -0.39 is 6.10 Å². The van der Waals surface area contributed by atoms with Crippen molar-refractivity contribution in [3.8, 4) is 5.75 Å². The van der Waals surface area contributed by atoms with Crippen molar-refractivity contribution in [2.45, 2.75) is 31.6 Å². The van der Waals surface area contributed by atoms with E-state index in [1.807, 2.05) is 25.2 Å². The Hall–Kier alpha value is -1.63. The van der Waals surface area contributed by atoms with Crippen LogP contribution in [0.5, 0.6) is 5.75 Å². The molecule has 6 heteroatoms. The van der Waals surface area contributed by atoms with Crippen LogP contribution in [0.15, 0.2) is 24.3 Å². The van der Waals surface area contributed by atoms with Gasteiger partial charge in [-0.25, -0.2) is 5.84 Å². The standard InChI is InChI=1S/C15H23N3O3/c1-18(9-11-4-3-5-12(8-11)20-2)10-13-6-7-14(21-13)15(19)17-16/h3-5,8,13-14H,6-7,9-10,16H2,1-2H3,(H,17,19). The van der Waals surface area contributed by atoms with E-state index in [4.69, 9.17) is 15.3 Å². The lowest BCUT2D eigenvalue weighted by Gasteiger charge is -2.21. The van der Waals surface area contributed by atoms with Gasteiger partial charge in [-0.05, 0) is 37.6 Å². The third kappa shape index (κ3) is 4.42. The molecule has 1 amide bonds. The average Bonchev–Trinajstić information content (AvgIpc) is 2.94. The van der Waals surface area contributed by atoms with Crippen LogP contribution in [0, 0.1) is 0 Å². The zero-order chi connectivity index (χ0) is 15.2. The van der Waals surface area contributed by atoms with Crippen LogP contribution >= 0.6 is 0 Å². The van der Waals surface area contributed by atoms with Gasteiger partial charge >= 0.3 is 0 Å². The van der Waals surface area contributed by atoms with Crippen LogP contribution in [0.2, 0.25) is 0 Å². The van der Waals surface area contributed by atoms with Crippen molar-refractivity contribution in [3.63, 3.8) is 0 Å². The first-order valence-corrected chi connectivity index (χ1v) is 7.09. The maximum Gasteiger partial charge on any atom is 0.263 e. The van der Waals surface area contributed by atoms with Crippen LogP contribution in [-0.4, -0.2) is 43.7 Å². The maximum atomic E-state index is 11.4. The fraction of sp³-hybridized carbons (Fsp3) is 0.533. The molecular formula is C15H23N3O3. The first-order chi connectivity index (χ1) is 10.1. The second-order valence-corrected chi connectivity index (χ2v) is 5.38. The van der Waals surface area contributed by atoms with Crippen molar-refractivity contribution >= 4 is 5.91 Å². The molecular weight excluding hydrogens is 270 g/mol. The second kappa shape index (κ2) is 7.40. The van der Waals surface area contributed by atoms with E-state index in [-0.39, 0.29) is 12.0 Å². The number of carbonyl (C=O) groups excluding carboxylic acids is 1. The Morgan fingerprint density at radius 1 is 1.52 bits per heavy atom. The molecule has 0 aromatic heterocycles. The van der Waals surface area contributed by atoms with Crippen molar-refractivity contribution in [2.24, 2.45) is 5.84 Å². The minimum Gasteiger partial charge on any atom is -0.497 e. The van der Waals surface area contributed by atoms with Crippen molar-refractivity contribution in [1.29, 1.82) is 0 Å². The number of carbonyl (C=O) groups is 1. The van der Waals surface area contributed by atoms with Gasteiger partial charge in [0, 0.05) is 13.1 Å². The van der Waals surface area contributed by atoms with Gasteiger partial charge in [-0.2, -0.15) is 0 Å². The van der Waals surface area contributed by atoms with Crippen LogP contribution < -0.4 is 16.0 Å². The van der Waals surface area contributed by atoms with Crippen LogP contribution in [0.4, 0.5) is 0 Å². The molecule has 2 unspecified atom stereocenters. The summed E-state index contributed by atoms with van der Waals surface area (Å²) < 4.78 is 10.9. The zero-order valence-corrected chi connectivity index (χ0v) is 12.5. The van der Waals surface area contributed by atoms with E-state index in [1.54, 1.807) is 7.11 Å². The summed E-state index contributed by atoms with van der Waals surface area (Å²) >= 11 is 0. The summed E-state index contributed by atoms with van der Waals surface area (Å²) in [4.78, 5) is 13.6. The van der Waals surface area contributed by atoms with Gasteiger partial charge in [0.25, 0.3) is 5.91 Å². The van der Waals surface area contributed by atoms with E-state index in [0.717, 1.165) is 31.7 Å². The molecule has 2 atom stereocenters. The van der Waals surface area contributed by atoms with Gasteiger partial charge in [0.15, 0.2) is 0 Å². The Labute approximate surface area is 125 Å². The van der Waals surface area contributed by atoms with Gasteiger partial charge in [-0.3, -0.25) is 15.1 Å². The Bertz CT molecular complexity index is 481. The van der Waals surface area contributed by atoms with Gasteiger partial charge in [-0.15, -0.1) is 0 Å². The monoisotopic (exact) mass is 293 g/mol. The Morgan fingerprint density at radius 2 is 2.33 bits per heavy atom. The van der Waals surface area contributed by atoms with E-state index in [0.29, 0.717) is 0 Å². The maximum absolute atomic E-state index is 11.4. The highest BCUT2D eigenvalue weighted by molar-refractivity contribution is 5.80. The van der Waals surface area contributed by atoms with Gasteiger partial charge in [0.2, 0.25) is 0 Å². The van der Waals surface area contributed by atoms with Gasteiger partial charge < -0.3 is 9.47 Å². The number of hydrogen-bond donors (Lipinski definition) is 2. The predicted octanol–water partition coefficient (Wildman–Crippen LogP) is 0.665. The molecule has 1 heterocycles. The highest BCUT2D eigenvalue weighted by Crippen LogP contribution is 2.21. The third-order valence-electron chi connectivity index (χ3n) is 3.64. The second-order valence-electron chi connectivity index (χ2n) is 5.38. The average molecular weight is 293 g/mol. The molecule has 1 aromatic rings. The van der Waals surface area contributed by atoms with E-state index in [2.05, 4.69) is 16.4 Å². The molecule has 0 aliphatic carbocycles. The first-order valence-electron chi connectivity index (χ1n) is 7.09. The number of hydrazine groups is 1. The number of nitrogens with two attached hydrogens (primary N) is 1. The molecule has 1 aliphatic heterocycles. The van der Waals surface area contributed by atoms with Crippen molar-refractivity contribution in [2.75, 3.05) is 20.7 Å². The summed E-state index contributed by atoms with van der Waals surface area (Å²) in [6.45, 7) is 1.59. The van der Waals surface area contributed by atoms with Crippen LogP contribution in [0.1, 0.15) is 18.4 Å². The summed E-state index contributed by atoms with van der Waals surface area (Å²) in [7, 11) is 3.71. The third-order valence-corrected chi connectivity index (χ3v) is 3.64. The number of ether oxygens (including phenoxy) is 2. The van der Waals surface area contributed by atoms with E-state index in [1.165, 1.54) is 5.56 Å². The number of benzene rings is 1. The Balaban J connectivity index is 1.82. The molecule has 0 bridgehead atoms. The molecule has 1 aliphatic rings.